The number of carbonyl (C=O) groups excluding carboxylic acids is 1. The van der Waals surface area contributed by atoms with E-state index in [9.17, 15) is 9.59 Å². The van der Waals surface area contributed by atoms with Gasteiger partial charge >= 0.3 is 5.97 Å². The Labute approximate surface area is 214 Å². The number of fused-ring (bicyclic) bond motifs is 1. The van der Waals surface area contributed by atoms with Gasteiger partial charge in [-0.2, -0.15) is 0 Å². The fourth-order valence-corrected chi connectivity index (χ4v) is 4.15. The molecular weight excluding hydrogens is 427 g/mol. The van der Waals surface area contributed by atoms with Gasteiger partial charge < -0.3 is 20.1 Å². The van der Waals surface area contributed by atoms with E-state index < -0.39 is 18.5 Å². The second-order valence-electron chi connectivity index (χ2n) is 7.65. The number of aromatic nitrogens is 1. The van der Waals surface area contributed by atoms with Crippen LogP contribution in [0, 0.1) is 6.92 Å². The zero-order chi connectivity index (χ0) is 22.7. The van der Waals surface area contributed by atoms with Gasteiger partial charge in [-0.25, -0.2) is 4.79 Å². The molecule has 0 saturated heterocycles. The Morgan fingerprint density at radius 3 is 2.36 bits per heavy atom. The van der Waals surface area contributed by atoms with E-state index in [0.29, 0.717) is 12.3 Å². The number of carbonyl (C=O) groups is 2. The molecule has 3 N–H and O–H groups in total. The summed E-state index contributed by atoms with van der Waals surface area (Å²) < 4.78 is 7.68. The summed E-state index contributed by atoms with van der Waals surface area (Å²) in [5, 5.41) is 9.77. The van der Waals surface area contributed by atoms with Crippen molar-refractivity contribution in [3.05, 3.63) is 89.6 Å². The van der Waals surface area contributed by atoms with E-state index in [2.05, 4.69) is 28.8 Å². The molecule has 163 valence electrons. The largest absolute Gasteiger partial charge is 0.481 e. The van der Waals surface area contributed by atoms with Crippen molar-refractivity contribution in [3.8, 4) is 16.9 Å². The van der Waals surface area contributed by atoms with E-state index in [-0.39, 0.29) is 36.0 Å². The number of hydrogen-bond donors (Lipinski definition) is 2. The molecular formula is C26H24N2NaO4. The molecule has 0 spiro atoms. The van der Waals surface area contributed by atoms with Crippen LogP contribution in [0.5, 0.6) is 5.75 Å². The van der Waals surface area contributed by atoms with Crippen LogP contribution in [-0.2, 0) is 22.6 Å². The Morgan fingerprint density at radius 2 is 1.67 bits per heavy atom. The Morgan fingerprint density at radius 1 is 0.970 bits per heavy atom. The van der Waals surface area contributed by atoms with Gasteiger partial charge in [0.2, 0.25) is 5.91 Å². The molecule has 1 amide bonds. The normalized spacial score (nSPS) is 10.6. The zero-order valence-electron chi connectivity index (χ0n) is 18.7. The van der Waals surface area contributed by atoms with Crippen molar-refractivity contribution in [1.29, 1.82) is 0 Å². The number of primary amides is 1. The standard InChI is InChI=1S/C26H24N2O4.Na/c1-17-21(14-24(27)29)26-22(12-7-13-23(26)32-16-25(30)31)28(17)15-19-10-5-6-11-20(19)18-8-3-2-4-9-18;/h2-13H,14-16H2,1H3,(H2,27,29)(H,30,31);. The van der Waals surface area contributed by atoms with E-state index in [1.165, 1.54) is 0 Å². The molecule has 0 saturated carbocycles. The van der Waals surface area contributed by atoms with Crippen LogP contribution in [0.2, 0.25) is 0 Å². The minimum atomic E-state index is -1.06. The van der Waals surface area contributed by atoms with Crippen molar-refractivity contribution < 1.29 is 19.4 Å². The van der Waals surface area contributed by atoms with Crippen LogP contribution < -0.4 is 10.5 Å². The van der Waals surface area contributed by atoms with Gasteiger partial charge in [0.25, 0.3) is 0 Å². The maximum absolute atomic E-state index is 11.8. The first kappa shape index (κ1) is 24.6. The maximum atomic E-state index is 11.8. The fourth-order valence-electron chi connectivity index (χ4n) is 4.15. The third-order valence-corrected chi connectivity index (χ3v) is 5.57. The molecule has 7 heteroatoms. The van der Waals surface area contributed by atoms with Crippen molar-refractivity contribution in [2.45, 2.75) is 19.9 Å². The Hall–Kier alpha value is -3.06. The van der Waals surface area contributed by atoms with Gasteiger partial charge in [0.1, 0.15) is 5.75 Å². The SMILES string of the molecule is Cc1c(CC(N)=O)c2c(OCC(=O)O)cccc2n1Cc1ccccc1-c1ccccc1.[Na]. The van der Waals surface area contributed by atoms with Crippen LogP contribution >= 0.6 is 0 Å². The summed E-state index contributed by atoms with van der Waals surface area (Å²) in [5.74, 6) is -1.09. The fraction of sp³-hybridized carbons (Fsp3) is 0.154. The topological polar surface area (TPSA) is 94.6 Å². The number of nitrogens with two attached hydrogens (primary N) is 1. The molecule has 1 radical (unpaired) electrons. The first-order valence-corrected chi connectivity index (χ1v) is 10.3. The van der Waals surface area contributed by atoms with Gasteiger partial charge in [0.15, 0.2) is 6.61 Å². The number of carboxylic acid groups (broad SMARTS) is 1. The van der Waals surface area contributed by atoms with E-state index in [4.69, 9.17) is 15.6 Å². The number of rotatable bonds is 8. The minimum absolute atomic E-state index is 0. The number of hydrogen-bond acceptors (Lipinski definition) is 3. The Kier molecular flexibility index (Phi) is 7.97. The molecule has 33 heavy (non-hydrogen) atoms. The first-order chi connectivity index (χ1) is 15.5. The van der Waals surface area contributed by atoms with Crippen molar-refractivity contribution in [1.82, 2.24) is 4.57 Å². The molecule has 3 aromatic carbocycles. The summed E-state index contributed by atoms with van der Waals surface area (Å²) in [4.78, 5) is 22.9. The minimum Gasteiger partial charge on any atom is -0.481 e. The molecule has 0 unspecified atom stereocenters. The number of carboxylic acids is 1. The Balaban J connectivity index is 0.00000306. The molecule has 0 bridgehead atoms. The quantitative estimate of drug-likeness (QED) is 0.399. The summed E-state index contributed by atoms with van der Waals surface area (Å²) in [6.45, 7) is 2.06. The zero-order valence-corrected chi connectivity index (χ0v) is 20.7. The van der Waals surface area contributed by atoms with Gasteiger partial charge in [-0.1, -0.05) is 60.7 Å². The number of aliphatic carboxylic acids is 1. The molecule has 4 aromatic rings. The van der Waals surface area contributed by atoms with E-state index in [0.717, 1.165) is 38.9 Å². The van der Waals surface area contributed by atoms with E-state index >= 15 is 0 Å². The van der Waals surface area contributed by atoms with Crippen LogP contribution in [0.25, 0.3) is 22.0 Å². The van der Waals surface area contributed by atoms with Crippen molar-refractivity contribution in [3.63, 3.8) is 0 Å². The predicted octanol–water partition coefficient (Wildman–Crippen LogP) is 3.78. The molecule has 1 heterocycles. The number of ether oxygens (including phenoxy) is 1. The summed E-state index contributed by atoms with van der Waals surface area (Å²) in [5.41, 5.74) is 11.4. The van der Waals surface area contributed by atoms with Crippen molar-refractivity contribution >= 4 is 52.3 Å². The van der Waals surface area contributed by atoms with Gasteiger partial charge in [-0.05, 0) is 41.3 Å². The average molecular weight is 451 g/mol. The molecule has 1 aromatic heterocycles. The van der Waals surface area contributed by atoms with Crippen LogP contribution in [-0.4, -0.2) is 57.7 Å². The van der Waals surface area contributed by atoms with Crippen LogP contribution in [0.15, 0.2) is 72.8 Å². The van der Waals surface area contributed by atoms with Crippen molar-refractivity contribution in [2.24, 2.45) is 5.73 Å². The summed E-state index contributed by atoms with van der Waals surface area (Å²) >= 11 is 0. The molecule has 6 nitrogen and oxygen atoms in total. The van der Waals surface area contributed by atoms with Crippen LogP contribution in [0.3, 0.4) is 0 Å². The molecule has 0 fully saturated rings. The molecule has 0 aliphatic rings. The number of nitrogens with zero attached hydrogens (tertiary/aromatic N) is 1. The summed E-state index contributed by atoms with van der Waals surface area (Å²) in [6, 6.07) is 23.9. The molecule has 4 rings (SSSR count). The van der Waals surface area contributed by atoms with E-state index in [1.807, 2.05) is 49.4 Å². The first-order valence-electron chi connectivity index (χ1n) is 10.3. The van der Waals surface area contributed by atoms with Gasteiger partial charge in [-0.15, -0.1) is 0 Å². The summed E-state index contributed by atoms with van der Waals surface area (Å²) in [6.07, 6.45) is 0.0448. The average Bonchev–Trinajstić information content (AvgIpc) is 3.04. The van der Waals surface area contributed by atoms with Gasteiger partial charge in [0, 0.05) is 47.2 Å². The van der Waals surface area contributed by atoms with Crippen LogP contribution in [0.4, 0.5) is 0 Å². The maximum Gasteiger partial charge on any atom is 0.341 e. The second-order valence-corrected chi connectivity index (χ2v) is 7.65. The number of amides is 1. The molecule has 0 aliphatic heterocycles. The van der Waals surface area contributed by atoms with Crippen LogP contribution in [0.1, 0.15) is 16.8 Å². The summed E-state index contributed by atoms with van der Waals surface area (Å²) in [7, 11) is 0. The predicted molar refractivity (Wildman–Crippen MR) is 129 cm³/mol. The van der Waals surface area contributed by atoms with Gasteiger partial charge in [0.05, 0.1) is 11.9 Å². The third kappa shape index (κ3) is 5.30. The van der Waals surface area contributed by atoms with Gasteiger partial charge in [-0.3, -0.25) is 4.79 Å². The molecule has 0 aliphatic carbocycles. The molecule has 0 atom stereocenters. The Bertz CT molecular complexity index is 1300. The monoisotopic (exact) mass is 451 g/mol. The third-order valence-electron chi connectivity index (χ3n) is 5.57. The number of benzene rings is 3. The van der Waals surface area contributed by atoms with Crippen molar-refractivity contribution in [2.75, 3.05) is 6.61 Å². The van der Waals surface area contributed by atoms with E-state index in [1.54, 1.807) is 6.07 Å². The smallest absolute Gasteiger partial charge is 0.341 e. The second kappa shape index (κ2) is 10.7.